The SMILES string of the molecule is O=C(C1=C[C@]2(C[C@@H](C(=O)O)N(C(=O)OCC3c4ccccc4-c4ccccc43)C2)ON1)c1ccccc1. The first kappa shape index (κ1) is 23.0. The summed E-state index contributed by atoms with van der Waals surface area (Å²) in [6.07, 6.45) is 0.839. The van der Waals surface area contributed by atoms with Gasteiger partial charge in [-0.1, -0.05) is 78.9 Å². The van der Waals surface area contributed by atoms with Gasteiger partial charge in [0.25, 0.3) is 0 Å². The van der Waals surface area contributed by atoms with Gasteiger partial charge in [-0.2, -0.15) is 0 Å². The Morgan fingerprint density at radius 1 is 0.946 bits per heavy atom. The number of nitrogens with one attached hydrogen (secondary N) is 1. The van der Waals surface area contributed by atoms with Gasteiger partial charge in [0, 0.05) is 17.9 Å². The number of ether oxygens (including phenoxy) is 1. The summed E-state index contributed by atoms with van der Waals surface area (Å²) < 4.78 is 5.71. The Labute approximate surface area is 213 Å². The molecule has 0 saturated carbocycles. The van der Waals surface area contributed by atoms with Gasteiger partial charge in [-0.3, -0.25) is 20.0 Å². The number of carbonyl (C=O) groups is 3. The summed E-state index contributed by atoms with van der Waals surface area (Å²) in [4.78, 5) is 45.0. The number of allylic oxidation sites excluding steroid dienone is 1. The van der Waals surface area contributed by atoms with E-state index in [1.807, 2.05) is 54.6 Å². The van der Waals surface area contributed by atoms with Gasteiger partial charge in [-0.15, -0.1) is 0 Å². The van der Waals surface area contributed by atoms with Crippen LogP contribution in [-0.4, -0.2) is 52.6 Å². The Bertz CT molecular complexity index is 1390. The number of carboxylic acid groups (broad SMARTS) is 1. The van der Waals surface area contributed by atoms with Gasteiger partial charge in [0.05, 0.1) is 6.54 Å². The summed E-state index contributed by atoms with van der Waals surface area (Å²) in [5.41, 5.74) is 6.54. The molecule has 8 heteroatoms. The molecule has 2 aliphatic heterocycles. The molecule has 1 fully saturated rings. The highest BCUT2D eigenvalue weighted by atomic mass is 16.7. The van der Waals surface area contributed by atoms with E-state index in [1.165, 1.54) is 4.90 Å². The van der Waals surface area contributed by atoms with E-state index in [0.717, 1.165) is 22.3 Å². The number of amides is 1. The monoisotopic (exact) mass is 496 g/mol. The molecule has 2 atom stereocenters. The van der Waals surface area contributed by atoms with Crippen molar-refractivity contribution in [2.75, 3.05) is 13.2 Å². The number of ketones is 1. The number of nitrogens with zero attached hydrogens (tertiary/aromatic N) is 1. The van der Waals surface area contributed by atoms with Gasteiger partial charge < -0.3 is 9.84 Å². The smallest absolute Gasteiger partial charge is 0.410 e. The second-order valence-corrected chi connectivity index (χ2v) is 9.51. The molecule has 3 aromatic rings. The molecule has 1 saturated heterocycles. The van der Waals surface area contributed by atoms with Gasteiger partial charge in [0.2, 0.25) is 5.78 Å². The van der Waals surface area contributed by atoms with Crippen LogP contribution in [-0.2, 0) is 14.4 Å². The van der Waals surface area contributed by atoms with Crippen LogP contribution in [0.5, 0.6) is 0 Å². The van der Waals surface area contributed by atoms with Crippen LogP contribution < -0.4 is 5.48 Å². The van der Waals surface area contributed by atoms with Crippen molar-refractivity contribution in [1.29, 1.82) is 0 Å². The Kier molecular flexibility index (Phi) is 5.53. The fourth-order valence-electron chi connectivity index (χ4n) is 5.50. The summed E-state index contributed by atoms with van der Waals surface area (Å²) >= 11 is 0. The number of rotatable bonds is 5. The van der Waals surface area contributed by atoms with Crippen molar-refractivity contribution in [1.82, 2.24) is 10.4 Å². The molecule has 37 heavy (non-hydrogen) atoms. The van der Waals surface area contributed by atoms with Gasteiger partial charge in [-0.05, 0) is 28.3 Å². The number of hydroxylamine groups is 1. The Morgan fingerprint density at radius 3 is 2.22 bits per heavy atom. The van der Waals surface area contributed by atoms with Crippen molar-refractivity contribution < 1.29 is 29.1 Å². The Hall–Kier alpha value is -4.43. The van der Waals surface area contributed by atoms with Crippen LogP contribution in [0.3, 0.4) is 0 Å². The summed E-state index contributed by atoms with van der Waals surface area (Å²) in [5.74, 6) is -1.58. The van der Waals surface area contributed by atoms with Crippen molar-refractivity contribution in [2.24, 2.45) is 0 Å². The zero-order chi connectivity index (χ0) is 25.6. The third-order valence-electron chi connectivity index (χ3n) is 7.26. The van der Waals surface area contributed by atoms with Crippen molar-refractivity contribution in [3.05, 3.63) is 107 Å². The van der Waals surface area contributed by atoms with Gasteiger partial charge in [0.1, 0.15) is 23.9 Å². The number of hydrogen-bond acceptors (Lipinski definition) is 6. The molecule has 2 N–H and O–H groups in total. The van der Waals surface area contributed by atoms with Crippen LogP contribution in [0.1, 0.15) is 33.8 Å². The van der Waals surface area contributed by atoms with E-state index >= 15 is 0 Å². The normalized spacial score (nSPS) is 21.8. The molecule has 0 radical (unpaired) electrons. The highest BCUT2D eigenvalue weighted by Gasteiger charge is 2.53. The molecule has 0 bridgehead atoms. The van der Waals surface area contributed by atoms with Crippen molar-refractivity contribution in [3.8, 4) is 11.1 Å². The number of fused-ring (bicyclic) bond motifs is 3. The minimum Gasteiger partial charge on any atom is -0.480 e. The molecule has 1 amide bonds. The largest absolute Gasteiger partial charge is 0.480 e. The fourth-order valence-corrected chi connectivity index (χ4v) is 5.50. The van der Waals surface area contributed by atoms with Crippen molar-refractivity contribution in [2.45, 2.75) is 24.0 Å². The first-order valence-corrected chi connectivity index (χ1v) is 12.1. The number of benzene rings is 3. The van der Waals surface area contributed by atoms with Crippen LogP contribution in [0.2, 0.25) is 0 Å². The summed E-state index contributed by atoms with van der Waals surface area (Å²) in [7, 11) is 0. The van der Waals surface area contributed by atoms with Crippen LogP contribution in [0.15, 0.2) is 90.6 Å². The molecular formula is C29H24N2O6. The number of hydrogen-bond donors (Lipinski definition) is 2. The number of carbonyl (C=O) groups excluding carboxylic acids is 2. The van der Waals surface area contributed by atoms with E-state index in [4.69, 9.17) is 9.57 Å². The van der Waals surface area contributed by atoms with Gasteiger partial charge >= 0.3 is 12.1 Å². The highest BCUT2D eigenvalue weighted by Crippen LogP contribution is 2.45. The minimum atomic E-state index is -1.16. The van der Waals surface area contributed by atoms with Crippen LogP contribution in [0, 0.1) is 0 Å². The molecule has 1 spiro atoms. The summed E-state index contributed by atoms with van der Waals surface area (Å²) in [6.45, 7) is 0.0224. The third kappa shape index (κ3) is 3.95. The van der Waals surface area contributed by atoms with E-state index in [-0.39, 0.29) is 37.0 Å². The fraction of sp³-hybridized carbons (Fsp3) is 0.207. The molecular weight excluding hydrogens is 472 g/mol. The Morgan fingerprint density at radius 2 is 1.57 bits per heavy atom. The predicted molar refractivity (Wildman–Crippen MR) is 134 cm³/mol. The number of Topliss-reactive ketones (excluding diaryl/α,β-unsaturated/α-hetero) is 1. The van der Waals surface area contributed by atoms with Gasteiger partial charge in [0.15, 0.2) is 0 Å². The van der Waals surface area contributed by atoms with Crippen LogP contribution >= 0.6 is 0 Å². The molecule has 0 aromatic heterocycles. The maximum Gasteiger partial charge on any atom is 0.410 e. The lowest BCUT2D eigenvalue weighted by molar-refractivity contribution is -0.142. The van der Waals surface area contributed by atoms with Crippen LogP contribution in [0.4, 0.5) is 4.79 Å². The molecule has 1 aliphatic carbocycles. The maximum absolute atomic E-state index is 13.2. The lowest BCUT2D eigenvalue weighted by atomic mass is 9.98. The summed E-state index contributed by atoms with van der Waals surface area (Å²) in [6, 6.07) is 23.5. The lowest BCUT2D eigenvalue weighted by Gasteiger charge is -2.23. The zero-order valence-electron chi connectivity index (χ0n) is 19.8. The highest BCUT2D eigenvalue weighted by molar-refractivity contribution is 6.08. The quantitative estimate of drug-likeness (QED) is 0.512. The number of carboxylic acids is 1. The second-order valence-electron chi connectivity index (χ2n) is 9.51. The van der Waals surface area contributed by atoms with E-state index in [2.05, 4.69) is 5.48 Å². The van der Waals surface area contributed by atoms with Gasteiger partial charge in [-0.25, -0.2) is 9.59 Å². The zero-order valence-corrected chi connectivity index (χ0v) is 19.8. The Balaban J connectivity index is 1.20. The van der Waals surface area contributed by atoms with E-state index in [1.54, 1.807) is 30.3 Å². The molecule has 0 unspecified atom stereocenters. The topological polar surface area (TPSA) is 105 Å². The average Bonchev–Trinajstić information content (AvgIpc) is 3.62. The molecule has 3 aliphatic rings. The maximum atomic E-state index is 13.2. The minimum absolute atomic E-state index is 0.00883. The third-order valence-corrected chi connectivity index (χ3v) is 7.26. The standard InChI is InChI=1S/C29H24N2O6/c32-26(18-8-2-1-3-9-18)24-14-29(37-30-24)15-25(27(33)34)31(17-29)28(35)36-16-23-21-12-6-4-10-19(21)20-11-5-7-13-22(20)23/h1-14,23,25,30H,15-17H2,(H,33,34)/t25-,29+/m0/s1. The first-order chi connectivity index (χ1) is 18.0. The molecule has 3 aromatic carbocycles. The van der Waals surface area contributed by atoms with E-state index in [9.17, 15) is 19.5 Å². The second kappa shape index (κ2) is 8.90. The number of aliphatic carboxylic acids is 1. The first-order valence-electron chi connectivity index (χ1n) is 12.1. The molecule has 186 valence electrons. The summed E-state index contributed by atoms with van der Waals surface area (Å²) in [5, 5.41) is 9.86. The average molecular weight is 497 g/mol. The molecule has 8 nitrogen and oxygen atoms in total. The van der Waals surface area contributed by atoms with E-state index < -0.39 is 23.7 Å². The molecule has 2 heterocycles. The lowest BCUT2D eigenvalue weighted by Crippen LogP contribution is -2.42. The molecule has 6 rings (SSSR count). The van der Waals surface area contributed by atoms with Crippen molar-refractivity contribution >= 4 is 17.8 Å². The van der Waals surface area contributed by atoms with Crippen LogP contribution in [0.25, 0.3) is 11.1 Å². The number of likely N-dealkylation sites (tertiary alicyclic amines) is 1. The van der Waals surface area contributed by atoms with E-state index in [0.29, 0.717) is 5.56 Å². The predicted octanol–water partition coefficient (Wildman–Crippen LogP) is 4.13. The van der Waals surface area contributed by atoms with Crippen molar-refractivity contribution in [3.63, 3.8) is 0 Å².